The first-order valence-corrected chi connectivity index (χ1v) is 5.01. The normalized spacial score (nSPS) is 23.4. The number of likely N-dealkylation sites (N-methyl/N-ethyl adjacent to an activating group) is 1. The quantitative estimate of drug-likeness (QED) is 0.506. The molecule has 16 heavy (non-hydrogen) atoms. The summed E-state index contributed by atoms with van der Waals surface area (Å²) in [5.41, 5.74) is 1.28. The van der Waals surface area contributed by atoms with Crippen LogP contribution >= 0.6 is 0 Å². The first kappa shape index (κ1) is 10.8. The lowest BCUT2D eigenvalue weighted by Crippen LogP contribution is -2.39. The number of hydrogen-bond acceptors (Lipinski definition) is 5. The molecule has 0 aliphatic carbocycles. The van der Waals surface area contributed by atoms with E-state index in [4.69, 9.17) is 0 Å². The molecule has 0 spiro atoms. The van der Waals surface area contributed by atoms with Crippen LogP contribution in [0, 0.1) is 10.1 Å². The van der Waals surface area contributed by atoms with Gasteiger partial charge in [0.2, 0.25) is 0 Å². The Balaban J connectivity index is 2.52. The number of aliphatic hydroxyl groups excluding tert-OH is 1. The highest BCUT2D eigenvalue weighted by Crippen LogP contribution is 2.36. The minimum atomic E-state index is -0.584. The number of nitrogens with one attached hydrogen (secondary N) is 2. The largest absolute Gasteiger partial charge is 0.389 e. The molecule has 1 heterocycles. The van der Waals surface area contributed by atoms with E-state index < -0.39 is 11.0 Å². The summed E-state index contributed by atoms with van der Waals surface area (Å²) in [6.45, 7) is 0.309. The van der Waals surface area contributed by atoms with E-state index in [0.717, 1.165) is 5.56 Å². The van der Waals surface area contributed by atoms with Crippen molar-refractivity contribution < 1.29 is 10.0 Å². The van der Waals surface area contributed by atoms with Crippen molar-refractivity contribution in [2.45, 2.75) is 12.1 Å². The third-order valence-corrected chi connectivity index (χ3v) is 2.79. The van der Waals surface area contributed by atoms with Crippen LogP contribution in [0.3, 0.4) is 0 Å². The Morgan fingerprint density at radius 1 is 1.62 bits per heavy atom. The number of fused-ring (bicyclic) bond motifs is 1. The van der Waals surface area contributed by atoms with Gasteiger partial charge in [0.05, 0.1) is 17.1 Å². The van der Waals surface area contributed by atoms with Crippen LogP contribution in [0.5, 0.6) is 0 Å². The second-order valence-corrected chi connectivity index (χ2v) is 3.71. The van der Waals surface area contributed by atoms with Crippen LogP contribution in [0.15, 0.2) is 18.2 Å². The zero-order chi connectivity index (χ0) is 11.7. The average Bonchev–Trinajstić information content (AvgIpc) is 2.27. The molecule has 0 saturated carbocycles. The van der Waals surface area contributed by atoms with Crippen LogP contribution in [0.2, 0.25) is 0 Å². The van der Waals surface area contributed by atoms with Gasteiger partial charge in [-0.2, -0.15) is 0 Å². The first-order chi connectivity index (χ1) is 7.65. The van der Waals surface area contributed by atoms with Crippen LogP contribution in [0.1, 0.15) is 11.6 Å². The Morgan fingerprint density at radius 3 is 3.00 bits per heavy atom. The molecule has 2 atom stereocenters. The molecule has 86 valence electrons. The van der Waals surface area contributed by atoms with Gasteiger partial charge in [0, 0.05) is 18.2 Å². The average molecular weight is 223 g/mol. The van der Waals surface area contributed by atoms with E-state index in [1.807, 2.05) is 0 Å². The van der Waals surface area contributed by atoms with Crippen molar-refractivity contribution in [3.63, 3.8) is 0 Å². The third-order valence-electron chi connectivity index (χ3n) is 2.79. The van der Waals surface area contributed by atoms with E-state index in [0.29, 0.717) is 12.2 Å². The van der Waals surface area contributed by atoms with E-state index >= 15 is 0 Å². The van der Waals surface area contributed by atoms with Crippen LogP contribution in [0.25, 0.3) is 0 Å². The molecule has 0 saturated heterocycles. The smallest absolute Gasteiger partial charge is 0.292 e. The molecule has 1 aromatic carbocycles. The second-order valence-electron chi connectivity index (χ2n) is 3.71. The van der Waals surface area contributed by atoms with Crippen molar-refractivity contribution in [2.24, 2.45) is 0 Å². The monoisotopic (exact) mass is 223 g/mol. The lowest BCUT2D eigenvalue weighted by Gasteiger charge is -2.30. The molecule has 0 bridgehead atoms. The number of nitro benzene ring substituents is 1. The number of β-amino-alcohol motifs (C(OH)–C–C–N with tert-alkyl or cyclic N) is 1. The van der Waals surface area contributed by atoms with Crippen LogP contribution in [0.4, 0.5) is 11.4 Å². The van der Waals surface area contributed by atoms with Crippen molar-refractivity contribution in [3.05, 3.63) is 33.9 Å². The molecule has 6 heteroatoms. The highest BCUT2D eigenvalue weighted by atomic mass is 16.6. The minimum Gasteiger partial charge on any atom is -0.389 e. The fourth-order valence-corrected chi connectivity index (χ4v) is 2.04. The molecule has 0 fully saturated rings. The number of hydrogen-bond donors (Lipinski definition) is 3. The maximum atomic E-state index is 10.8. The van der Waals surface area contributed by atoms with Gasteiger partial charge in [-0.15, -0.1) is 0 Å². The lowest BCUT2D eigenvalue weighted by molar-refractivity contribution is -0.384. The van der Waals surface area contributed by atoms with Gasteiger partial charge in [0.1, 0.15) is 5.69 Å². The van der Waals surface area contributed by atoms with Crippen molar-refractivity contribution in [1.82, 2.24) is 5.32 Å². The first-order valence-electron chi connectivity index (χ1n) is 5.01. The zero-order valence-corrected chi connectivity index (χ0v) is 8.80. The van der Waals surface area contributed by atoms with E-state index in [1.165, 1.54) is 6.07 Å². The summed E-state index contributed by atoms with van der Waals surface area (Å²) < 4.78 is 0. The molecule has 1 aliphatic heterocycles. The van der Waals surface area contributed by atoms with Crippen molar-refractivity contribution >= 4 is 11.4 Å². The molecule has 6 nitrogen and oxygen atoms in total. The van der Waals surface area contributed by atoms with Gasteiger partial charge in [-0.3, -0.25) is 10.1 Å². The number of rotatable bonds is 2. The van der Waals surface area contributed by atoms with Gasteiger partial charge in [-0.1, -0.05) is 12.1 Å². The predicted octanol–water partition coefficient (Wildman–Crippen LogP) is 0.642. The molecule has 1 aliphatic rings. The molecule has 3 N–H and O–H groups in total. The summed E-state index contributed by atoms with van der Waals surface area (Å²) in [5.74, 6) is 0. The lowest BCUT2D eigenvalue weighted by atomic mass is 9.95. The van der Waals surface area contributed by atoms with E-state index in [2.05, 4.69) is 10.6 Å². The van der Waals surface area contributed by atoms with Crippen LogP contribution in [-0.4, -0.2) is 29.7 Å². The van der Waals surface area contributed by atoms with Crippen molar-refractivity contribution in [3.8, 4) is 0 Å². The number of nitro groups is 1. The van der Waals surface area contributed by atoms with E-state index in [-0.39, 0.29) is 11.7 Å². The summed E-state index contributed by atoms with van der Waals surface area (Å²) in [7, 11) is 1.72. The third kappa shape index (κ3) is 1.62. The summed E-state index contributed by atoms with van der Waals surface area (Å²) in [5, 5.41) is 26.4. The number of benzene rings is 1. The van der Waals surface area contributed by atoms with Gasteiger partial charge in [0.25, 0.3) is 5.69 Å². The van der Waals surface area contributed by atoms with Gasteiger partial charge >= 0.3 is 0 Å². The van der Waals surface area contributed by atoms with Crippen molar-refractivity contribution in [2.75, 3.05) is 18.9 Å². The molecule has 0 unspecified atom stereocenters. The highest BCUT2D eigenvalue weighted by Gasteiger charge is 2.31. The number of aliphatic hydroxyl groups is 1. The maximum absolute atomic E-state index is 10.8. The molecule has 0 aromatic heterocycles. The van der Waals surface area contributed by atoms with Gasteiger partial charge in [-0.25, -0.2) is 0 Å². The molecule has 0 amide bonds. The zero-order valence-electron chi connectivity index (χ0n) is 8.80. The molecule has 1 aromatic rings. The molecule has 0 radical (unpaired) electrons. The fraction of sp³-hybridized carbons (Fsp3) is 0.400. The van der Waals surface area contributed by atoms with Crippen LogP contribution < -0.4 is 10.6 Å². The topological polar surface area (TPSA) is 87.4 Å². The SMILES string of the molecule is CN[C@H]1c2cccc([N+](=O)[O-])c2NC[C@@H]1O. The Kier molecular flexibility index (Phi) is 2.76. The fourth-order valence-electron chi connectivity index (χ4n) is 2.04. The van der Waals surface area contributed by atoms with E-state index in [1.54, 1.807) is 19.2 Å². The van der Waals surface area contributed by atoms with Gasteiger partial charge < -0.3 is 15.7 Å². The summed E-state index contributed by atoms with van der Waals surface area (Å²) in [4.78, 5) is 10.4. The van der Waals surface area contributed by atoms with Gasteiger partial charge in [0.15, 0.2) is 0 Å². The Morgan fingerprint density at radius 2 is 2.38 bits per heavy atom. The maximum Gasteiger partial charge on any atom is 0.292 e. The Bertz CT molecular complexity index is 422. The number of anilines is 1. The summed E-state index contributed by atoms with van der Waals surface area (Å²) in [6, 6.07) is 4.59. The van der Waals surface area contributed by atoms with Crippen molar-refractivity contribution in [1.29, 1.82) is 0 Å². The number of nitrogens with zero attached hydrogens (tertiary/aromatic N) is 1. The molecule has 2 rings (SSSR count). The predicted molar refractivity (Wildman–Crippen MR) is 59.4 cm³/mol. The summed E-state index contributed by atoms with van der Waals surface area (Å²) >= 11 is 0. The molecular formula is C10H13N3O3. The Labute approximate surface area is 92.4 Å². The second kappa shape index (κ2) is 4.07. The highest BCUT2D eigenvalue weighted by molar-refractivity contribution is 5.68. The van der Waals surface area contributed by atoms with Crippen LogP contribution in [-0.2, 0) is 0 Å². The Hall–Kier alpha value is -1.66. The summed E-state index contributed by atoms with van der Waals surface area (Å²) in [6.07, 6.45) is -0.584. The van der Waals surface area contributed by atoms with E-state index in [9.17, 15) is 15.2 Å². The molecular weight excluding hydrogens is 210 g/mol. The number of para-hydroxylation sites is 1. The standard InChI is InChI=1S/C10H13N3O3/c1-11-10-6-3-2-4-7(13(15)16)9(6)12-5-8(10)14/h2-4,8,10-12,14H,5H2,1H3/t8-,10-/m0/s1. The van der Waals surface area contributed by atoms with Gasteiger partial charge in [-0.05, 0) is 7.05 Å². The minimum absolute atomic E-state index is 0.0460.